The molecule has 0 saturated heterocycles. The minimum atomic E-state index is -0.384. The molecule has 0 aliphatic carbocycles. The number of hydrogen-bond acceptors (Lipinski definition) is 4. The van der Waals surface area contributed by atoms with E-state index in [9.17, 15) is 4.79 Å². The van der Waals surface area contributed by atoms with Gasteiger partial charge in [-0.1, -0.05) is 23.4 Å². The number of urea groups is 1. The Morgan fingerprint density at radius 3 is 2.48 bits per heavy atom. The molecule has 0 aliphatic heterocycles. The molecule has 1 heterocycles. The fourth-order valence-corrected chi connectivity index (χ4v) is 2.03. The molecule has 0 saturated carbocycles. The molecule has 3 aromatic rings. The van der Waals surface area contributed by atoms with Crippen molar-refractivity contribution in [3.63, 3.8) is 0 Å². The van der Waals surface area contributed by atoms with Crippen molar-refractivity contribution in [1.29, 1.82) is 0 Å². The molecule has 23 heavy (non-hydrogen) atoms. The Kier molecular flexibility index (Phi) is 4.24. The number of benzene rings is 2. The normalized spacial score (nSPS) is 10.1. The van der Waals surface area contributed by atoms with Gasteiger partial charge in [0.1, 0.15) is 5.75 Å². The van der Waals surface area contributed by atoms with Crippen LogP contribution in [0.3, 0.4) is 0 Å². The predicted molar refractivity (Wildman–Crippen MR) is 87.6 cm³/mol. The molecule has 2 N–H and O–H groups in total. The monoisotopic (exact) mass is 309 g/mol. The first kappa shape index (κ1) is 14.6. The van der Waals surface area contributed by atoms with Crippen molar-refractivity contribution in [3.8, 4) is 17.1 Å². The highest BCUT2D eigenvalue weighted by molar-refractivity contribution is 5.99. The average molecular weight is 309 g/mol. The molecule has 1 aromatic heterocycles. The molecule has 0 aliphatic rings. The summed E-state index contributed by atoms with van der Waals surface area (Å²) in [6.45, 7) is 0. The fraction of sp³-hybridized carbons (Fsp3) is 0.0588. The maximum Gasteiger partial charge on any atom is 0.324 e. The lowest BCUT2D eigenvalue weighted by Crippen LogP contribution is -2.19. The van der Waals surface area contributed by atoms with E-state index in [0.29, 0.717) is 17.3 Å². The van der Waals surface area contributed by atoms with Gasteiger partial charge in [0.2, 0.25) is 0 Å². The molecule has 0 bridgehead atoms. The summed E-state index contributed by atoms with van der Waals surface area (Å²) < 4.78 is 10.3. The average Bonchev–Trinajstić information content (AvgIpc) is 3.04. The number of nitrogens with one attached hydrogen (secondary N) is 2. The van der Waals surface area contributed by atoms with Crippen LogP contribution < -0.4 is 15.4 Å². The molecule has 2 amide bonds. The maximum absolute atomic E-state index is 11.9. The molecule has 0 atom stereocenters. The van der Waals surface area contributed by atoms with Crippen molar-refractivity contribution in [2.45, 2.75) is 0 Å². The summed E-state index contributed by atoms with van der Waals surface area (Å²) in [5.74, 6) is 1.65. The van der Waals surface area contributed by atoms with E-state index in [4.69, 9.17) is 9.26 Å². The van der Waals surface area contributed by atoms with Crippen LogP contribution in [-0.2, 0) is 0 Å². The van der Waals surface area contributed by atoms with Crippen molar-refractivity contribution in [2.24, 2.45) is 0 Å². The number of rotatable bonds is 4. The maximum atomic E-state index is 11.9. The lowest BCUT2D eigenvalue weighted by atomic mass is 10.2. The first-order chi connectivity index (χ1) is 11.2. The third-order valence-corrected chi connectivity index (χ3v) is 3.16. The lowest BCUT2D eigenvalue weighted by molar-refractivity contribution is 0.262. The van der Waals surface area contributed by atoms with Gasteiger partial charge in [-0.3, -0.25) is 5.32 Å². The van der Waals surface area contributed by atoms with E-state index < -0.39 is 0 Å². The zero-order valence-corrected chi connectivity index (χ0v) is 12.4. The quantitative estimate of drug-likeness (QED) is 0.764. The van der Waals surface area contributed by atoms with Crippen molar-refractivity contribution in [1.82, 2.24) is 5.16 Å². The summed E-state index contributed by atoms with van der Waals surface area (Å²) in [5, 5.41) is 9.17. The second-order valence-electron chi connectivity index (χ2n) is 4.75. The molecule has 3 rings (SSSR count). The molecule has 0 fully saturated rings. The highest BCUT2D eigenvalue weighted by atomic mass is 16.5. The Balaban J connectivity index is 1.65. The van der Waals surface area contributed by atoms with Crippen molar-refractivity contribution in [2.75, 3.05) is 17.7 Å². The van der Waals surface area contributed by atoms with E-state index >= 15 is 0 Å². The number of methoxy groups -OCH3 is 1. The van der Waals surface area contributed by atoms with Crippen LogP contribution in [0.4, 0.5) is 16.3 Å². The van der Waals surface area contributed by atoms with Crippen LogP contribution in [0.15, 0.2) is 65.2 Å². The summed E-state index contributed by atoms with van der Waals surface area (Å²) in [5.41, 5.74) is 1.54. The van der Waals surface area contributed by atoms with Crippen LogP contribution in [0.2, 0.25) is 0 Å². The standard InChI is InChI=1S/C17H15N3O3/c1-22-14-9-7-12(8-10-14)15-11-16(20-23-15)19-17(21)18-13-5-3-2-4-6-13/h2-11H,1H3,(H2,18,19,20,21). The Labute approximate surface area is 133 Å². The van der Waals surface area contributed by atoms with Gasteiger partial charge in [0.25, 0.3) is 0 Å². The van der Waals surface area contributed by atoms with E-state index in [1.807, 2.05) is 42.5 Å². The van der Waals surface area contributed by atoms with E-state index in [1.165, 1.54) is 0 Å². The zero-order chi connectivity index (χ0) is 16.1. The highest BCUT2D eigenvalue weighted by Crippen LogP contribution is 2.24. The largest absolute Gasteiger partial charge is 0.497 e. The smallest absolute Gasteiger partial charge is 0.324 e. The molecule has 0 spiro atoms. The summed E-state index contributed by atoms with van der Waals surface area (Å²) in [6, 6.07) is 17.8. The molecule has 116 valence electrons. The van der Waals surface area contributed by atoms with Crippen molar-refractivity contribution in [3.05, 3.63) is 60.7 Å². The number of ether oxygens (including phenoxy) is 1. The second-order valence-corrected chi connectivity index (χ2v) is 4.75. The molecular formula is C17H15N3O3. The predicted octanol–water partition coefficient (Wildman–Crippen LogP) is 3.99. The molecular weight excluding hydrogens is 294 g/mol. The first-order valence-electron chi connectivity index (χ1n) is 6.99. The van der Waals surface area contributed by atoms with E-state index in [0.717, 1.165) is 11.3 Å². The van der Waals surface area contributed by atoms with E-state index in [2.05, 4.69) is 15.8 Å². The van der Waals surface area contributed by atoms with Crippen molar-refractivity contribution < 1.29 is 14.1 Å². The summed E-state index contributed by atoms with van der Waals surface area (Å²) in [7, 11) is 1.61. The topological polar surface area (TPSA) is 76.4 Å². The molecule has 6 heteroatoms. The van der Waals surface area contributed by atoms with Gasteiger partial charge in [0, 0.05) is 17.3 Å². The zero-order valence-electron chi connectivity index (χ0n) is 12.4. The van der Waals surface area contributed by atoms with Gasteiger partial charge in [-0.25, -0.2) is 4.79 Å². The molecule has 0 unspecified atom stereocenters. The number of para-hydroxylation sites is 1. The van der Waals surface area contributed by atoms with Crippen LogP contribution in [0.25, 0.3) is 11.3 Å². The number of amides is 2. The molecule has 0 radical (unpaired) electrons. The van der Waals surface area contributed by atoms with Crippen molar-refractivity contribution >= 4 is 17.5 Å². The second kappa shape index (κ2) is 6.65. The Bertz CT molecular complexity index is 782. The van der Waals surface area contributed by atoms with Gasteiger partial charge in [0.05, 0.1) is 7.11 Å². The Morgan fingerprint density at radius 1 is 1.04 bits per heavy atom. The fourth-order valence-electron chi connectivity index (χ4n) is 2.03. The SMILES string of the molecule is COc1ccc(-c2cc(NC(=O)Nc3ccccc3)no2)cc1. The molecule has 6 nitrogen and oxygen atoms in total. The van der Waals surface area contributed by atoms with Crippen LogP contribution in [-0.4, -0.2) is 18.3 Å². The third kappa shape index (κ3) is 3.68. The minimum Gasteiger partial charge on any atom is -0.497 e. The first-order valence-corrected chi connectivity index (χ1v) is 6.99. The Hall–Kier alpha value is -3.28. The van der Waals surface area contributed by atoms with Crippen LogP contribution in [0.1, 0.15) is 0 Å². The number of hydrogen-bond donors (Lipinski definition) is 2. The van der Waals surface area contributed by atoms with Gasteiger partial charge >= 0.3 is 6.03 Å². The van der Waals surface area contributed by atoms with Crippen LogP contribution >= 0.6 is 0 Å². The number of carbonyl (C=O) groups excluding carboxylic acids is 1. The summed E-state index contributed by atoms with van der Waals surface area (Å²) in [6.07, 6.45) is 0. The molecule has 2 aromatic carbocycles. The number of nitrogens with zero attached hydrogens (tertiary/aromatic N) is 1. The van der Waals surface area contributed by atoms with Gasteiger partial charge in [-0.05, 0) is 36.4 Å². The Morgan fingerprint density at radius 2 is 1.78 bits per heavy atom. The third-order valence-electron chi connectivity index (χ3n) is 3.16. The van der Waals surface area contributed by atoms with Crippen LogP contribution in [0.5, 0.6) is 5.75 Å². The van der Waals surface area contributed by atoms with Gasteiger partial charge in [-0.2, -0.15) is 0 Å². The van der Waals surface area contributed by atoms with Gasteiger partial charge in [0.15, 0.2) is 11.6 Å². The number of anilines is 2. The minimum absolute atomic E-state index is 0.337. The number of carbonyl (C=O) groups is 1. The highest BCUT2D eigenvalue weighted by Gasteiger charge is 2.09. The van der Waals surface area contributed by atoms with Gasteiger partial charge in [-0.15, -0.1) is 0 Å². The lowest BCUT2D eigenvalue weighted by Gasteiger charge is -2.04. The number of aromatic nitrogens is 1. The summed E-state index contributed by atoms with van der Waals surface area (Å²) >= 11 is 0. The van der Waals surface area contributed by atoms with Crippen LogP contribution in [0, 0.1) is 0 Å². The van der Waals surface area contributed by atoms with E-state index in [-0.39, 0.29) is 6.03 Å². The van der Waals surface area contributed by atoms with Gasteiger partial charge < -0.3 is 14.6 Å². The summed E-state index contributed by atoms with van der Waals surface area (Å²) in [4.78, 5) is 11.9. The van der Waals surface area contributed by atoms with E-state index in [1.54, 1.807) is 25.3 Å².